The van der Waals surface area contributed by atoms with Crippen LogP contribution in [0.15, 0.2) is 24.5 Å². The molecule has 1 N–H and O–H groups in total. The molecule has 100 valence electrons. The summed E-state index contributed by atoms with van der Waals surface area (Å²) in [4.78, 5) is 15.1. The minimum Gasteiger partial charge on any atom is -0.483 e. The molecule has 19 heavy (non-hydrogen) atoms. The smallest absolute Gasteiger partial charge is 0.339 e. The molecule has 2 rings (SSSR count). The van der Waals surface area contributed by atoms with Gasteiger partial charge in [-0.2, -0.15) is 5.10 Å². The van der Waals surface area contributed by atoms with Crippen molar-refractivity contribution in [2.45, 2.75) is 20.1 Å². The van der Waals surface area contributed by atoms with Crippen LogP contribution in [0.25, 0.3) is 0 Å². The highest BCUT2D eigenvalue weighted by Gasteiger charge is 2.15. The van der Waals surface area contributed by atoms with Crippen molar-refractivity contribution >= 4 is 17.6 Å². The summed E-state index contributed by atoms with van der Waals surface area (Å²) < 4.78 is 7.14. The molecular weight excluding hydrogens is 270 g/mol. The van der Waals surface area contributed by atoms with Crippen molar-refractivity contribution in [2.24, 2.45) is 0 Å². The molecule has 0 aliphatic rings. The van der Waals surface area contributed by atoms with Gasteiger partial charge in [-0.15, -0.1) is 0 Å². The molecule has 0 unspecified atom stereocenters. The predicted octanol–water partition coefficient (Wildman–Crippen LogP) is 2.23. The minimum absolute atomic E-state index is 0.0232. The minimum atomic E-state index is -1.09. The summed E-state index contributed by atoms with van der Waals surface area (Å²) in [7, 11) is 0. The second-order valence-electron chi connectivity index (χ2n) is 3.70. The Morgan fingerprint density at radius 3 is 3.00 bits per heavy atom. The Morgan fingerprint density at radius 1 is 1.53 bits per heavy atom. The van der Waals surface area contributed by atoms with Crippen LogP contribution < -0.4 is 4.74 Å². The van der Waals surface area contributed by atoms with Crippen molar-refractivity contribution in [1.29, 1.82) is 0 Å². The normalized spacial score (nSPS) is 10.4. The number of nitrogens with zero attached hydrogens (tertiary/aromatic N) is 3. The zero-order valence-corrected chi connectivity index (χ0v) is 11.0. The zero-order chi connectivity index (χ0) is 13.8. The molecule has 0 aliphatic carbocycles. The number of aryl methyl sites for hydroxylation is 1. The average Bonchev–Trinajstić information content (AvgIpc) is 2.84. The topological polar surface area (TPSA) is 77.2 Å². The Hall–Kier alpha value is -2.08. The first-order valence-corrected chi connectivity index (χ1v) is 6.02. The van der Waals surface area contributed by atoms with Crippen molar-refractivity contribution in [3.05, 3.63) is 40.9 Å². The van der Waals surface area contributed by atoms with Crippen LogP contribution in [-0.2, 0) is 13.2 Å². The van der Waals surface area contributed by atoms with Gasteiger partial charge in [-0.1, -0.05) is 17.7 Å². The van der Waals surface area contributed by atoms with E-state index in [2.05, 4.69) is 10.1 Å². The first kappa shape index (κ1) is 13.4. The molecule has 6 nitrogen and oxygen atoms in total. The van der Waals surface area contributed by atoms with E-state index in [1.807, 2.05) is 6.92 Å². The van der Waals surface area contributed by atoms with Gasteiger partial charge in [-0.05, 0) is 19.1 Å². The standard InChI is InChI=1S/C12H12ClN3O3/c1-2-16-10(14-7-15-16)6-19-11-8(12(17)18)4-3-5-9(11)13/h3-5,7H,2,6H2,1H3,(H,17,18). The molecule has 0 atom stereocenters. The summed E-state index contributed by atoms with van der Waals surface area (Å²) >= 11 is 5.96. The molecule has 2 aromatic rings. The highest BCUT2D eigenvalue weighted by atomic mass is 35.5. The molecule has 0 fully saturated rings. The monoisotopic (exact) mass is 281 g/mol. The van der Waals surface area contributed by atoms with Crippen LogP contribution in [0.2, 0.25) is 5.02 Å². The first-order valence-electron chi connectivity index (χ1n) is 5.64. The number of benzene rings is 1. The number of hydrogen-bond donors (Lipinski definition) is 1. The van der Waals surface area contributed by atoms with Gasteiger partial charge in [-0.3, -0.25) is 0 Å². The highest BCUT2D eigenvalue weighted by Crippen LogP contribution is 2.29. The van der Waals surface area contributed by atoms with Crippen LogP contribution in [0.4, 0.5) is 0 Å². The lowest BCUT2D eigenvalue weighted by Gasteiger charge is -2.10. The number of carboxylic acids is 1. The molecule has 1 heterocycles. The highest BCUT2D eigenvalue weighted by molar-refractivity contribution is 6.32. The van der Waals surface area contributed by atoms with Crippen molar-refractivity contribution in [3.8, 4) is 5.75 Å². The maximum absolute atomic E-state index is 11.1. The van der Waals surface area contributed by atoms with E-state index in [0.717, 1.165) is 0 Å². The molecular formula is C12H12ClN3O3. The third-order valence-electron chi connectivity index (χ3n) is 2.54. The number of carbonyl (C=O) groups is 1. The molecule has 7 heteroatoms. The lowest BCUT2D eigenvalue weighted by atomic mass is 10.2. The van der Waals surface area contributed by atoms with Gasteiger partial charge in [0, 0.05) is 6.54 Å². The Labute approximate surface area is 114 Å². The molecule has 0 bridgehead atoms. The Kier molecular flexibility index (Phi) is 4.01. The second kappa shape index (κ2) is 5.71. The van der Waals surface area contributed by atoms with Gasteiger partial charge in [0.15, 0.2) is 11.6 Å². The summed E-state index contributed by atoms with van der Waals surface area (Å²) in [5, 5.41) is 13.3. The van der Waals surface area contributed by atoms with E-state index in [4.69, 9.17) is 21.4 Å². The van der Waals surface area contributed by atoms with E-state index < -0.39 is 5.97 Å². The first-order chi connectivity index (χ1) is 9.13. The van der Waals surface area contributed by atoms with E-state index in [1.54, 1.807) is 16.8 Å². The third-order valence-corrected chi connectivity index (χ3v) is 2.84. The summed E-state index contributed by atoms with van der Waals surface area (Å²) in [6.45, 7) is 2.70. The average molecular weight is 282 g/mol. The van der Waals surface area contributed by atoms with Crippen LogP contribution in [0.3, 0.4) is 0 Å². The molecule has 0 aliphatic heterocycles. The van der Waals surface area contributed by atoms with E-state index in [-0.39, 0.29) is 22.9 Å². The van der Waals surface area contributed by atoms with Crippen LogP contribution in [0.5, 0.6) is 5.75 Å². The van der Waals surface area contributed by atoms with Crippen molar-refractivity contribution in [2.75, 3.05) is 0 Å². The lowest BCUT2D eigenvalue weighted by molar-refractivity contribution is 0.0691. The van der Waals surface area contributed by atoms with Crippen LogP contribution in [0.1, 0.15) is 23.1 Å². The fourth-order valence-corrected chi connectivity index (χ4v) is 1.85. The van der Waals surface area contributed by atoms with Crippen LogP contribution in [-0.4, -0.2) is 25.8 Å². The van der Waals surface area contributed by atoms with E-state index in [0.29, 0.717) is 12.4 Å². The number of halogens is 1. The van der Waals surface area contributed by atoms with Crippen molar-refractivity contribution in [3.63, 3.8) is 0 Å². The summed E-state index contributed by atoms with van der Waals surface area (Å²) in [5.74, 6) is -0.337. The maximum Gasteiger partial charge on any atom is 0.339 e. The van der Waals surface area contributed by atoms with E-state index in [9.17, 15) is 4.79 Å². The van der Waals surface area contributed by atoms with Crippen molar-refractivity contribution < 1.29 is 14.6 Å². The maximum atomic E-state index is 11.1. The number of aromatic nitrogens is 3. The number of aromatic carboxylic acids is 1. The van der Waals surface area contributed by atoms with Gasteiger partial charge in [0.25, 0.3) is 0 Å². The van der Waals surface area contributed by atoms with Gasteiger partial charge < -0.3 is 9.84 Å². The van der Waals surface area contributed by atoms with Gasteiger partial charge in [0.1, 0.15) is 18.5 Å². The quantitative estimate of drug-likeness (QED) is 0.909. The van der Waals surface area contributed by atoms with Gasteiger partial charge >= 0.3 is 5.97 Å². The summed E-state index contributed by atoms with van der Waals surface area (Å²) in [6.07, 6.45) is 1.42. The number of ether oxygens (including phenoxy) is 1. The van der Waals surface area contributed by atoms with Crippen molar-refractivity contribution in [1.82, 2.24) is 14.8 Å². The van der Waals surface area contributed by atoms with Gasteiger partial charge in [-0.25, -0.2) is 14.5 Å². The largest absolute Gasteiger partial charge is 0.483 e. The Balaban J connectivity index is 2.22. The third kappa shape index (κ3) is 2.85. The molecule has 0 radical (unpaired) electrons. The molecule has 0 amide bonds. The predicted molar refractivity (Wildman–Crippen MR) is 68.4 cm³/mol. The van der Waals surface area contributed by atoms with Crippen LogP contribution in [0, 0.1) is 0 Å². The number of hydrogen-bond acceptors (Lipinski definition) is 4. The summed E-state index contributed by atoms with van der Waals surface area (Å²) in [6, 6.07) is 4.58. The zero-order valence-electron chi connectivity index (χ0n) is 10.2. The molecule has 0 saturated carbocycles. The number of carboxylic acid groups (broad SMARTS) is 1. The number of para-hydroxylation sites is 1. The summed E-state index contributed by atoms with van der Waals surface area (Å²) in [5.41, 5.74) is 0.0232. The fourth-order valence-electron chi connectivity index (χ4n) is 1.62. The molecule has 0 spiro atoms. The van der Waals surface area contributed by atoms with Gasteiger partial charge in [0.2, 0.25) is 0 Å². The van der Waals surface area contributed by atoms with E-state index >= 15 is 0 Å². The molecule has 1 aromatic heterocycles. The number of rotatable bonds is 5. The SMILES string of the molecule is CCn1ncnc1COc1c(Cl)cccc1C(=O)O. The molecule has 1 aromatic carbocycles. The van der Waals surface area contributed by atoms with Crippen LogP contribution >= 0.6 is 11.6 Å². The Morgan fingerprint density at radius 2 is 2.32 bits per heavy atom. The Bertz CT molecular complexity index is 598. The fraction of sp³-hybridized carbons (Fsp3) is 0.250. The lowest BCUT2D eigenvalue weighted by Crippen LogP contribution is -2.09. The molecule has 0 saturated heterocycles. The van der Waals surface area contributed by atoms with E-state index in [1.165, 1.54) is 12.4 Å². The second-order valence-corrected chi connectivity index (χ2v) is 4.11. The van der Waals surface area contributed by atoms with Gasteiger partial charge in [0.05, 0.1) is 5.02 Å².